The number of rotatable bonds is 7. The molecule has 0 aromatic heterocycles. The molecule has 0 radical (unpaired) electrons. The number of methoxy groups -OCH3 is 1. The van der Waals surface area contributed by atoms with Gasteiger partial charge in [0.05, 0.1) is 25.1 Å². The first-order chi connectivity index (χ1) is 16.9. The first kappa shape index (κ1) is 24.2. The van der Waals surface area contributed by atoms with Gasteiger partial charge in [-0.1, -0.05) is 24.3 Å². The summed E-state index contributed by atoms with van der Waals surface area (Å²) in [6, 6.07) is 18.5. The largest absolute Gasteiger partial charge is 0.497 e. The summed E-state index contributed by atoms with van der Waals surface area (Å²) in [5.41, 5.74) is 2.03. The predicted molar refractivity (Wildman–Crippen MR) is 132 cm³/mol. The molecule has 1 aliphatic heterocycles. The van der Waals surface area contributed by atoms with Gasteiger partial charge in [0.2, 0.25) is 5.91 Å². The van der Waals surface area contributed by atoms with E-state index in [0.29, 0.717) is 22.2 Å². The minimum atomic E-state index is -0.465. The van der Waals surface area contributed by atoms with Crippen LogP contribution in [0.25, 0.3) is 0 Å². The van der Waals surface area contributed by atoms with Crippen LogP contribution in [0.15, 0.2) is 88.8 Å². The van der Waals surface area contributed by atoms with E-state index < -0.39 is 5.91 Å². The van der Waals surface area contributed by atoms with Gasteiger partial charge in [0, 0.05) is 11.8 Å². The van der Waals surface area contributed by atoms with Crippen LogP contribution in [0.3, 0.4) is 0 Å². The van der Waals surface area contributed by atoms with Crippen molar-refractivity contribution in [2.24, 2.45) is 4.99 Å². The maximum Gasteiger partial charge on any atom is 0.267 e. The Bertz CT molecular complexity index is 1270. The van der Waals surface area contributed by atoms with Crippen molar-refractivity contribution in [3.8, 4) is 5.75 Å². The Labute approximate surface area is 205 Å². The number of carbonyl (C=O) groups is 2. The number of thioether (sulfide) groups is 1. The van der Waals surface area contributed by atoms with Crippen molar-refractivity contribution < 1.29 is 23.1 Å². The fourth-order valence-corrected chi connectivity index (χ4v) is 4.21. The minimum absolute atomic E-state index is 0.159. The maximum absolute atomic E-state index is 13.3. The van der Waals surface area contributed by atoms with Gasteiger partial charge in [-0.2, -0.15) is 0 Å². The summed E-state index contributed by atoms with van der Waals surface area (Å²) in [4.78, 5) is 31.9. The van der Waals surface area contributed by atoms with Crippen LogP contribution in [0.2, 0.25) is 0 Å². The smallest absolute Gasteiger partial charge is 0.267 e. The molecule has 1 N–H and O–H groups in total. The monoisotopic (exact) mass is 493 g/mol. The Morgan fingerprint density at radius 1 is 0.971 bits per heavy atom. The van der Waals surface area contributed by atoms with Crippen molar-refractivity contribution in [1.29, 1.82) is 0 Å². The topological polar surface area (TPSA) is 71.0 Å². The van der Waals surface area contributed by atoms with Crippen LogP contribution in [-0.2, 0) is 22.7 Å². The highest BCUT2D eigenvalue weighted by molar-refractivity contribution is 8.18. The molecule has 3 aromatic carbocycles. The fourth-order valence-electron chi connectivity index (χ4n) is 3.26. The molecule has 1 fully saturated rings. The molecular weight excluding hydrogens is 472 g/mol. The van der Waals surface area contributed by atoms with Crippen LogP contribution in [0, 0.1) is 11.6 Å². The van der Waals surface area contributed by atoms with Crippen LogP contribution in [0.5, 0.6) is 5.75 Å². The third-order valence-corrected chi connectivity index (χ3v) is 6.12. The predicted octanol–water partition coefficient (Wildman–Crippen LogP) is 5.13. The summed E-state index contributed by atoms with van der Waals surface area (Å²) in [5.74, 6) is -0.925. The first-order valence-corrected chi connectivity index (χ1v) is 11.4. The van der Waals surface area contributed by atoms with Gasteiger partial charge in [-0.15, -0.1) is 0 Å². The Morgan fingerprint density at radius 2 is 1.57 bits per heavy atom. The second kappa shape index (κ2) is 11.0. The molecule has 1 saturated heterocycles. The zero-order valence-corrected chi connectivity index (χ0v) is 19.5. The molecule has 0 atom stereocenters. The van der Waals surface area contributed by atoms with E-state index in [2.05, 4.69) is 10.3 Å². The summed E-state index contributed by atoms with van der Waals surface area (Å²) in [5, 5.41) is 3.11. The van der Waals surface area contributed by atoms with Crippen molar-refractivity contribution in [1.82, 2.24) is 4.90 Å². The number of nitrogens with one attached hydrogen (secondary N) is 1. The molecule has 35 heavy (non-hydrogen) atoms. The van der Waals surface area contributed by atoms with Crippen LogP contribution in [-0.4, -0.2) is 29.0 Å². The van der Waals surface area contributed by atoms with Crippen molar-refractivity contribution in [2.45, 2.75) is 13.1 Å². The molecule has 178 valence electrons. The van der Waals surface area contributed by atoms with Crippen LogP contribution in [0.1, 0.15) is 11.1 Å². The van der Waals surface area contributed by atoms with E-state index in [0.717, 1.165) is 17.3 Å². The number of ether oxygens (including phenoxy) is 1. The number of hydrogen-bond acceptors (Lipinski definition) is 5. The summed E-state index contributed by atoms with van der Waals surface area (Å²) in [6.45, 7) is 0.382. The Balaban J connectivity index is 1.54. The van der Waals surface area contributed by atoms with Gasteiger partial charge in [0.15, 0.2) is 5.17 Å². The SMILES string of the molecule is COc1ccc(NC(=O)C=C2SC(=NCc3ccc(F)cc3)N(Cc3ccc(F)cc3)C2=O)cc1. The van der Waals surface area contributed by atoms with Gasteiger partial charge in [-0.3, -0.25) is 19.5 Å². The number of hydrogen-bond donors (Lipinski definition) is 1. The number of amidine groups is 1. The molecule has 9 heteroatoms. The fraction of sp³-hybridized carbons (Fsp3) is 0.115. The summed E-state index contributed by atoms with van der Waals surface area (Å²) >= 11 is 1.08. The van der Waals surface area contributed by atoms with Crippen molar-refractivity contribution in [3.05, 3.63) is 107 Å². The van der Waals surface area contributed by atoms with Crippen molar-refractivity contribution >= 4 is 34.4 Å². The van der Waals surface area contributed by atoms with Crippen LogP contribution < -0.4 is 10.1 Å². The lowest BCUT2D eigenvalue weighted by atomic mass is 10.2. The van der Waals surface area contributed by atoms with Gasteiger partial charge in [0.25, 0.3) is 5.91 Å². The summed E-state index contributed by atoms with van der Waals surface area (Å²) in [6.07, 6.45) is 1.23. The minimum Gasteiger partial charge on any atom is -0.497 e. The average molecular weight is 494 g/mol. The molecule has 1 heterocycles. The lowest BCUT2D eigenvalue weighted by Gasteiger charge is -2.15. The van der Waals surface area contributed by atoms with Crippen molar-refractivity contribution in [3.63, 3.8) is 0 Å². The van der Waals surface area contributed by atoms with Gasteiger partial charge in [0.1, 0.15) is 17.4 Å². The number of benzene rings is 3. The van der Waals surface area contributed by atoms with E-state index in [-0.39, 0.29) is 35.5 Å². The molecule has 4 rings (SSSR count). The molecule has 2 amide bonds. The third-order valence-electron chi connectivity index (χ3n) is 5.07. The maximum atomic E-state index is 13.3. The Morgan fingerprint density at radius 3 is 2.17 bits per heavy atom. The van der Waals surface area contributed by atoms with Crippen molar-refractivity contribution in [2.75, 3.05) is 12.4 Å². The molecule has 0 saturated carbocycles. The third kappa shape index (κ3) is 6.33. The van der Waals surface area contributed by atoms with E-state index in [9.17, 15) is 18.4 Å². The number of amides is 2. The lowest BCUT2D eigenvalue weighted by molar-refractivity contribution is -0.123. The second-order valence-electron chi connectivity index (χ2n) is 7.57. The van der Waals surface area contributed by atoms with E-state index in [1.165, 1.54) is 35.2 Å². The quantitative estimate of drug-likeness (QED) is 0.464. The van der Waals surface area contributed by atoms with E-state index in [1.54, 1.807) is 55.6 Å². The average Bonchev–Trinajstić information content (AvgIpc) is 3.14. The molecule has 0 unspecified atom stereocenters. The highest BCUT2D eigenvalue weighted by Gasteiger charge is 2.34. The molecule has 0 spiro atoms. The summed E-state index contributed by atoms with van der Waals surface area (Å²) < 4.78 is 31.6. The highest BCUT2D eigenvalue weighted by Crippen LogP contribution is 2.32. The van der Waals surface area contributed by atoms with Gasteiger partial charge in [-0.05, 0) is 71.4 Å². The van der Waals surface area contributed by atoms with E-state index >= 15 is 0 Å². The standard InChI is InChI=1S/C26H21F2N3O3S/c1-34-22-12-10-21(11-13-22)30-24(32)14-23-25(33)31(16-18-4-8-20(28)9-5-18)26(35-23)29-15-17-2-6-19(27)7-3-17/h2-14H,15-16H2,1H3,(H,30,32). The van der Waals surface area contributed by atoms with E-state index in [1.807, 2.05) is 0 Å². The molecule has 0 bridgehead atoms. The Hall–Kier alpha value is -3.98. The molecular formula is C26H21F2N3O3S. The molecule has 6 nitrogen and oxygen atoms in total. The molecule has 3 aromatic rings. The number of aliphatic imine (C=N–C) groups is 1. The Kier molecular flexibility index (Phi) is 7.57. The lowest BCUT2D eigenvalue weighted by Crippen LogP contribution is -2.29. The first-order valence-electron chi connectivity index (χ1n) is 10.6. The zero-order chi connectivity index (χ0) is 24.8. The van der Waals surface area contributed by atoms with Crippen LogP contribution >= 0.6 is 11.8 Å². The van der Waals surface area contributed by atoms with Crippen LogP contribution in [0.4, 0.5) is 14.5 Å². The van der Waals surface area contributed by atoms with Gasteiger partial charge >= 0.3 is 0 Å². The second-order valence-corrected chi connectivity index (χ2v) is 8.58. The number of halogens is 2. The molecule has 1 aliphatic rings. The molecule has 0 aliphatic carbocycles. The number of carbonyl (C=O) groups excluding carboxylic acids is 2. The number of nitrogens with zero attached hydrogens (tertiary/aromatic N) is 2. The van der Waals surface area contributed by atoms with E-state index in [4.69, 9.17) is 4.74 Å². The summed E-state index contributed by atoms with van der Waals surface area (Å²) in [7, 11) is 1.55. The van der Waals surface area contributed by atoms with Gasteiger partial charge in [-0.25, -0.2) is 8.78 Å². The van der Waals surface area contributed by atoms with Gasteiger partial charge < -0.3 is 10.1 Å². The number of anilines is 1. The zero-order valence-electron chi connectivity index (χ0n) is 18.7. The normalized spacial score (nSPS) is 15.6. The highest BCUT2D eigenvalue weighted by atomic mass is 32.2.